The van der Waals surface area contributed by atoms with Crippen LogP contribution in [0.5, 0.6) is 5.75 Å². The first-order valence-electron chi connectivity index (χ1n) is 7.94. The number of aryl methyl sites for hydroxylation is 1. The molecule has 0 radical (unpaired) electrons. The van der Waals surface area contributed by atoms with Gasteiger partial charge in [0, 0.05) is 23.5 Å². The number of hydrogen-bond acceptors (Lipinski definition) is 3. The van der Waals surface area contributed by atoms with Gasteiger partial charge >= 0.3 is 6.03 Å². The summed E-state index contributed by atoms with van der Waals surface area (Å²) < 4.78 is 7.60. The summed E-state index contributed by atoms with van der Waals surface area (Å²) in [5.74, 6) is 0.361. The number of ether oxygens (including phenoxy) is 1. The molecule has 0 spiro atoms. The second-order valence-corrected chi connectivity index (χ2v) is 5.82. The highest BCUT2D eigenvalue weighted by Gasteiger charge is 2.24. The molecule has 6 heteroatoms. The Balaban J connectivity index is 1.87. The van der Waals surface area contributed by atoms with Crippen LogP contribution in [0.25, 0.3) is 5.69 Å². The number of carbonyl (C=O) groups excluding carboxylic acids is 2. The van der Waals surface area contributed by atoms with Crippen molar-refractivity contribution in [1.82, 2.24) is 9.88 Å². The topological polar surface area (TPSA) is 72.7 Å². The Morgan fingerprint density at radius 1 is 1.24 bits per heavy atom. The average molecular weight is 337 g/mol. The van der Waals surface area contributed by atoms with E-state index in [0.717, 1.165) is 28.4 Å². The predicted octanol–water partition coefficient (Wildman–Crippen LogP) is 2.89. The first kappa shape index (κ1) is 16.7. The molecule has 1 N–H and O–H groups in total. The number of hydrogen-bond donors (Lipinski definition) is 1. The molecule has 3 amide bonds. The lowest BCUT2D eigenvalue weighted by atomic mass is 10.1. The monoisotopic (exact) mass is 337 g/mol. The number of aromatic nitrogens is 1. The van der Waals surface area contributed by atoms with E-state index >= 15 is 0 Å². The lowest BCUT2D eigenvalue weighted by Crippen LogP contribution is -2.26. The van der Waals surface area contributed by atoms with E-state index in [0.29, 0.717) is 13.0 Å². The van der Waals surface area contributed by atoms with Crippen LogP contribution in [0.1, 0.15) is 17.0 Å². The summed E-state index contributed by atoms with van der Waals surface area (Å²) >= 11 is 0. The fraction of sp³-hybridized carbons (Fsp3) is 0.211. The molecule has 2 aromatic rings. The second kappa shape index (κ2) is 6.76. The van der Waals surface area contributed by atoms with Crippen LogP contribution < -0.4 is 10.1 Å². The molecule has 3 rings (SSSR count). The molecule has 25 heavy (non-hydrogen) atoms. The van der Waals surface area contributed by atoms with Crippen LogP contribution in [0.15, 0.2) is 48.0 Å². The lowest BCUT2D eigenvalue weighted by molar-refractivity contribution is -0.113. The maximum Gasteiger partial charge on any atom is 0.348 e. The van der Waals surface area contributed by atoms with Crippen molar-refractivity contribution in [2.75, 3.05) is 6.61 Å². The number of carbonyl (C=O) groups is 2. The molecule has 0 fully saturated rings. The summed E-state index contributed by atoms with van der Waals surface area (Å²) in [4.78, 5) is 26.6. The minimum Gasteiger partial charge on any atom is -0.490 e. The molecule has 6 nitrogen and oxygen atoms in total. The van der Waals surface area contributed by atoms with Gasteiger partial charge < -0.3 is 9.30 Å². The molecular weight excluding hydrogens is 318 g/mol. The fourth-order valence-corrected chi connectivity index (χ4v) is 2.92. The quantitative estimate of drug-likeness (QED) is 0.824. The average Bonchev–Trinajstić information content (AvgIpc) is 3.04. The van der Waals surface area contributed by atoms with E-state index in [1.807, 2.05) is 44.2 Å². The van der Waals surface area contributed by atoms with Crippen molar-refractivity contribution in [3.05, 3.63) is 59.9 Å². The lowest BCUT2D eigenvalue weighted by Gasteiger charge is -2.11. The van der Waals surface area contributed by atoms with Gasteiger partial charge in [0.15, 0.2) is 0 Å². The van der Waals surface area contributed by atoms with Crippen molar-refractivity contribution in [2.45, 2.75) is 20.3 Å². The number of nitrogens with one attached hydrogen (secondary N) is 1. The Labute approximate surface area is 145 Å². The number of amides is 3. The molecule has 2 heterocycles. The van der Waals surface area contributed by atoms with Gasteiger partial charge in [0.1, 0.15) is 18.1 Å². The standard InChI is InChI=1S/C19H19N3O3/c1-4-9-25-16-7-5-15(6-8-16)22-12(2)10-14(13(22)3)11-17-18(23)21-19(24)20-17/h4-8,10H,1,9,11H2,2-3H3,(H,21,23,24). The van der Waals surface area contributed by atoms with Crippen molar-refractivity contribution in [2.24, 2.45) is 4.99 Å². The predicted molar refractivity (Wildman–Crippen MR) is 95.6 cm³/mol. The molecule has 0 unspecified atom stereocenters. The molecule has 128 valence electrons. The van der Waals surface area contributed by atoms with E-state index in [1.54, 1.807) is 6.08 Å². The zero-order valence-electron chi connectivity index (χ0n) is 14.2. The van der Waals surface area contributed by atoms with Crippen LogP contribution in [0.4, 0.5) is 4.79 Å². The molecule has 0 saturated carbocycles. The number of benzene rings is 1. The minimum absolute atomic E-state index is 0.249. The first-order valence-corrected chi connectivity index (χ1v) is 7.94. The Morgan fingerprint density at radius 2 is 1.96 bits per heavy atom. The molecule has 1 aliphatic rings. The number of urea groups is 1. The third kappa shape index (κ3) is 3.38. The number of aliphatic imine (C=N–C) groups is 1. The maximum atomic E-state index is 11.7. The van der Waals surface area contributed by atoms with Crippen LogP contribution in [0.3, 0.4) is 0 Å². The molecule has 1 aromatic carbocycles. The summed E-state index contributed by atoms with van der Waals surface area (Å²) in [5, 5.41) is 2.17. The normalized spacial score (nSPS) is 13.6. The van der Waals surface area contributed by atoms with Crippen LogP contribution >= 0.6 is 0 Å². The Hall–Kier alpha value is -3.15. The molecule has 0 atom stereocenters. The largest absolute Gasteiger partial charge is 0.490 e. The highest BCUT2D eigenvalue weighted by atomic mass is 16.5. The summed E-state index contributed by atoms with van der Waals surface area (Å²) in [6, 6.07) is 9.19. The second-order valence-electron chi connectivity index (χ2n) is 5.82. The molecule has 1 aliphatic heterocycles. The Morgan fingerprint density at radius 3 is 2.56 bits per heavy atom. The minimum atomic E-state index is -0.594. The zero-order valence-corrected chi connectivity index (χ0v) is 14.2. The van der Waals surface area contributed by atoms with E-state index in [2.05, 4.69) is 21.5 Å². The third-order valence-corrected chi connectivity index (χ3v) is 4.08. The van der Waals surface area contributed by atoms with E-state index < -0.39 is 11.9 Å². The van der Waals surface area contributed by atoms with Gasteiger partial charge in [0.05, 0.1) is 0 Å². The summed E-state index contributed by atoms with van der Waals surface area (Å²) in [7, 11) is 0. The van der Waals surface area contributed by atoms with Crippen LogP contribution in [0, 0.1) is 13.8 Å². The van der Waals surface area contributed by atoms with Crippen molar-refractivity contribution >= 4 is 17.6 Å². The van der Waals surface area contributed by atoms with Gasteiger partial charge in [-0.05, 0) is 49.7 Å². The van der Waals surface area contributed by atoms with Crippen molar-refractivity contribution in [3.63, 3.8) is 0 Å². The van der Waals surface area contributed by atoms with Gasteiger partial charge in [-0.3, -0.25) is 10.1 Å². The van der Waals surface area contributed by atoms with Gasteiger partial charge in [0.2, 0.25) is 0 Å². The summed E-state index contributed by atoms with van der Waals surface area (Å²) in [6.45, 7) is 8.08. The van der Waals surface area contributed by atoms with Gasteiger partial charge in [-0.25, -0.2) is 4.79 Å². The first-order chi connectivity index (χ1) is 12.0. The van der Waals surface area contributed by atoms with Gasteiger partial charge in [-0.2, -0.15) is 4.99 Å². The van der Waals surface area contributed by atoms with Crippen LogP contribution in [0.2, 0.25) is 0 Å². The summed E-state index contributed by atoms with van der Waals surface area (Å²) in [6.07, 6.45) is 2.03. The van der Waals surface area contributed by atoms with Gasteiger partial charge in [-0.15, -0.1) is 0 Å². The Bertz CT molecular complexity index is 876. The highest BCUT2D eigenvalue weighted by molar-refractivity contribution is 6.46. The van der Waals surface area contributed by atoms with Crippen molar-refractivity contribution in [1.29, 1.82) is 0 Å². The van der Waals surface area contributed by atoms with E-state index in [1.165, 1.54) is 0 Å². The Kier molecular flexibility index (Phi) is 4.52. The van der Waals surface area contributed by atoms with Crippen molar-refractivity contribution < 1.29 is 14.3 Å². The van der Waals surface area contributed by atoms with Crippen molar-refractivity contribution in [3.8, 4) is 11.4 Å². The SMILES string of the molecule is C=CCOc1ccc(-n2c(C)cc(CC3=NC(=O)NC3=O)c2C)cc1. The smallest absolute Gasteiger partial charge is 0.348 e. The molecule has 1 aromatic heterocycles. The van der Waals surface area contributed by atoms with E-state index in [-0.39, 0.29) is 5.71 Å². The molecule has 0 aliphatic carbocycles. The number of rotatable bonds is 6. The van der Waals surface area contributed by atoms with Crippen LogP contribution in [-0.2, 0) is 11.2 Å². The number of imide groups is 1. The zero-order chi connectivity index (χ0) is 18.0. The highest BCUT2D eigenvalue weighted by Crippen LogP contribution is 2.23. The third-order valence-electron chi connectivity index (χ3n) is 4.08. The molecule has 0 saturated heterocycles. The van der Waals surface area contributed by atoms with E-state index in [4.69, 9.17) is 4.74 Å². The maximum absolute atomic E-state index is 11.7. The van der Waals surface area contributed by atoms with Gasteiger partial charge in [-0.1, -0.05) is 12.7 Å². The fourth-order valence-electron chi connectivity index (χ4n) is 2.92. The van der Waals surface area contributed by atoms with E-state index in [9.17, 15) is 9.59 Å². The molecular formula is C19H19N3O3. The van der Waals surface area contributed by atoms with Gasteiger partial charge in [0.25, 0.3) is 5.91 Å². The summed E-state index contributed by atoms with van der Waals surface area (Å²) in [5.41, 5.74) is 4.26. The number of nitrogens with zero attached hydrogens (tertiary/aromatic N) is 2. The molecule has 0 bridgehead atoms. The van der Waals surface area contributed by atoms with Crippen LogP contribution in [-0.4, -0.2) is 28.8 Å².